The Morgan fingerprint density at radius 1 is 1.20 bits per heavy atom. The minimum atomic E-state index is -4.27. The molecule has 1 aromatic rings. The van der Waals surface area contributed by atoms with Crippen LogP contribution in [0.15, 0.2) is 24.3 Å². The minimum Gasteiger partial charge on any atom is -0.355 e. The minimum absolute atomic E-state index is 0.00841. The van der Waals surface area contributed by atoms with Gasteiger partial charge in [0.25, 0.3) is 5.91 Å². The second kappa shape index (κ2) is 8.60. The number of benzene rings is 1. The molecule has 0 saturated carbocycles. The third-order valence-corrected chi connectivity index (χ3v) is 4.85. The van der Waals surface area contributed by atoms with Crippen molar-refractivity contribution in [1.29, 1.82) is 0 Å². The van der Waals surface area contributed by atoms with E-state index in [-0.39, 0.29) is 41.8 Å². The molecule has 0 spiro atoms. The predicted molar refractivity (Wildman–Crippen MR) is 91.3 cm³/mol. The molecule has 138 valence electrons. The maximum atomic E-state index is 12.4. The van der Waals surface area contributed by atoms with Gasteiger partial charge in [0, 0.05) is 36.9 Å². The molecule has 0 radical (unpaired) electrons. The second-order valence-electron chi connectivity index (χ2n) is 6.02. The van der Waals surface area contributed by atoms with Gasteiger partial charge in [-0.25, -0.2) is 0 Å². The Balaban J connectivity index is 1.74. The molecule has 4 nitrogen and oxygen atoms in total. The van der Waals surface area contributed by atoms with E-state index >= 15 is 0 Å². The fourth-order valence-electron chi connectivity index (χ4n) is 2.71. The number of thioether (sulfide) groups is 1. The summed E-state index contributed by atoms with van der Waals surface area (Å²) in [5.74, 6) is -0.733. The Bertz CT molecular complexity index is 597. The van der Waals surface area contributed by atoms with Gasteiger partial charge in [0.15, 0.2) is 0 Å². The van der Waals surface area contributed by atoms with Gasteiger partial charge in [-0.05, 0) is 43.7 Å². The SMILES string of the molecule is Cc1ccc(C(=O)N2CCC(C(=O)NCCSC(F)(F)F)CC2)cc1. The number of nitrogens with one attached hydrogen (secondary N) is 1. The van der Waals surface area contributed by atoms with E-state index in [0.717, 1.165) is 5.56 Å². The summed E-state index contributed by atoms with van der Waals surface area (Å²) in [6.45, 7) is 2.89. The van der Waals surface area contributed by atoms with Crippen molar-refractivity contribution in [3.05, 3.63) is 35.4 Å². The molecule has 8 heteroatoms. The second-order valence-corrected chi connectivity index (χ2v) is 7.18. The summed E-state index contributed by atoms with van der Waals surface area (Å²) >= 11 is -0.143. The van der Waals surface area contributed by atoms with E-state index in [2.05, 4.69) is 5.32 Å². The standard InChI is InChI=1S/C17H21F3N2O2S/c1-12-2-4-14(5-3-12)16(24)22-9-6-13(7-10-22)15(23)21-8-11-25-17(18,19)20/h2-5,13H,6-11H2,1H3,(H,21,23). The predicted octanol–water partition coefficient (Wildman–Crippen LogP) is 3.22. The van der Waals surface area contributed by atoms with E-state index in [1.54, 1.807) is 17.0 Å². The lowest BCUT2D eigenvalue weighted by molar-refractivity contribution is -0.126. The average Bonchev–Trinajstić information content (AvgIpc) is 2.58. The molecule has 1 saturated heterocycles. The van der Waals surface area contributed by atoms with E-state index in [1.807, 2.05) is 19.1 Å². The van der Waals surface area contributed by atoms with Crippen LogP contribution in [0.5, 0.6) is 0 Å². The van der Waals surface area contributed by atoms with Gasteiger partial charge < -0.3 is 10.2 Å². The normalized spacial score (nSPS) is 15.9. The summed E-state index contributed by atoms with van der Waals surface area (Å²) in [6.07, 6.45) is 1.05. The van der Waals surface area contributed by atoms with Crippen LogP contribution in [0.3, 0.4) is 0 Å². The van der Waals surface area contributed by atoms with Crippen molar-refractivity contribution < 1.29 is 22.8 Å². The highest BCUT2D eigenvalue weighted by molar-refractivity contribution is 8.00. The first-order valence-corrected chi connectivity index (χ1v) is 9.09. The number of halogens is 3. The zero-order valence-corrected chi connectivity index (χ0v) is 14.8. The summed E-state index contributed by atoms with van der Waals surface area (Å²) in [5, 5.41) is 2.54. The quantitative estimate of drug-likeness (QED) is 0.805. The largest absolute Gasteiger partial charge is 0.441 e. The molecule has 1 N–H and O–H groups in total. The Hall–Kier alpha value is -1.70. The number of amides is 2. The number of carbonyl (C=O) groups excluding carboxylic acids is 2. The van der Waals surface area contributed by atoms with Crippen molar-refractivity contribution in [3.63, 3.8) is 0 Å². The van der Waals surface area contributed by atoms with Gasteiger partial charge in [-0.3, -0.25) is 9.59 Å². The Kier molecular flexibility index (Phi) is 6.75. The van der Waals surface area contributed by atoms with Crippen LogP contribution in [0.1, 0.15) is 28.8 Å². The van der Waals surface area contributed by atoms with Crippen LogP contribution in [-0.2, 0) is 4.79 Å². The van der Waals surface area contributed by atoms with Gasteiger partial charge in [-0.1, -0.05) is 17.7 Å². The third kappa shape index (κ3) is 6.26. The van der Waals surface area contributed by atoms with Gasteiger partial charge in [-0.2, -0.15) is 13.2 Å². The molecule has 0 bridgehead atoms. The summed E-state index contributed by atoms with van der Waals surface area (Å²) in [4.78, 5) is 26.1. The van der Waals surface area contributed by atoms with Gasteiger partial charge in [0.05, 0.1) is 0 Å². The van der Waals surface area contributed by atoms with Crippen LogP contribution in [0, 0.1) is 12.8 Å². The first kappa shape index (κ1) is 19.6. The lowest BCUT2D eigenvalue weighted by Gasteiger charge is -2.31. The van der Waals surface area contributed by atoms with Crippen LogP contribution in [0.2, 0.25) is 0 Å². The molecule has 25 heavy (non-hydrogen) atoms. The molecule has 1 aliphatic rings. The van der Waals surface area contributed by atoms with Gasteiger partial charge in [0.1, 0.15) is 0 Å². The molecule has 2 rings (SSSR count). The molecule has 0 atom stereocenters. The van der Waals surface area contributed by atoms with E-state index < -0.39 is 5.51 Å². The molecular formula is C17H21F3N2O2S. The highest BCUT2D eigenvalue weighted by Gasteiger charge is 2.29. The van der Waals surface area contributed by atoms with Crippen molar-refractivity contribution in [2.75, 3.05) is 25.4 Å². The summed E-state index contributed by atoms with van der Waals surface area (Å²) in [7, 11) is 0. The molecule has 1 heterocycles. The van der Waals surface area contributed by atoms with Crippen molar-refractivity contribution in [2.24, 2.45) is 5.92 Å². The van der Waals surface area contributed by atoms with Crippen LogP contribution in [-0.4, -0.2) is 47.6 Å². The molecule has 1 aromatic carbocycles. The van der Waals surface area contributed by atoms with E-state index in [4.69, 9.17) is 0 Å². The maximum Gasteiger partial charge on any atom is 0.441 e. The smallest absolute Gasteiger partial charge is 0.355 e. The van der Waals surface area contributed by atoms with Gasteiger partial charge in [0.2, 0.25) is 5.91 Å². The summed E-state index contributed by atoms with van der Waals surface area (Å²) in [6, 6.07) is 7.34. The Morgan fingerprint density at radius 2 is 1.80 bits per heavy atom. The lowest BCUT2D eigenvalue weighted by atomic mass is 9.95. The third-order valence-electron chi connectivity index (χ3n) is 4.12. The van der Waals surface area contributed by atoms with Crippen molar-refractivity contribution in [1.82, 2.24) is 10.2 Å². The number of hydrogen-bond donors (Lipinski definition) is 1. The molecule has 1 aliphatic heterocycles. The first-order chi connectivity index (χ1) is 11.8. The maximum absolute atomic E-state index is 12.4. The van der Waals surface area contributed by atoms with Gasteiger partial charge in [-0.15, -0.1) is 0 Å². The molecule has 1 fully saturated rings. The number of alkyl halides is 3. The molecule has 0 aliphatic carbocycles. The average molecular weight is 374 g/mol. The summed E-state index contributed by atoms with van der Waals surface area (Å²) < 4.78 is 36.1. The number of hydrogen-bond acceptors (Lipinski definition) is 3. The fraction of sp³-hybridized carbons (Fsp3) is 0.529. The zero-order valence-electron chi connectivity index (χ0n) is 13.9. The highest BCUT2D eigenvalue weighted by atomic mass is 32.2. The van der Waals surface area contributed by atoms with Crippen LogP contribution < -0.4 is 5.32 Å². The van der Waals surface area contributed by atoms with Crippen LogP contribution in [0.25, 0.3) is 0 Å². The van der Waals surface area contributed by atoms with Crippen molar-refractivity contribution in [2.45, 2.75) is 25.3 Å². The van der Waals surface area contributed by atoms with Gasteiger partial charge >= 0.3 is 5.51 Å². The number of carbonyl (C=O) groups is 2. The molecule has 0 unspecified atom stereocenters. The van der Waals surface area contributed by atoms with E-state index in [0.29, 0.717) is 31.5 Å². The number of likely N-dealkylation sites (tertiary alicyclic amines) is 1. The number of piperidine rings is 1. The van der Waals surface area contributed by atoms with Crippen molar-refractivity contribution in [3.8, 4) is 0 Å². The number of aryl methyl sites for hydroxylation is 1. The van der Waals surface area contributed by atoms with Crippen LogP contribution >= 0.6 is 11.8 Å². The first-order valence-electron chi connectivity index (χ1n) is 8.10. The highest BCUT2D eigenvalue weighted by Crippen LogP contribution is 2.29. The van der Waals surface area contributed by atoms with E-state index in [9.17, 15) is 22.8 Å². The zero-order chi connectivity index (χ0) is 18.4. The molecular weight excluding hydrogens is 353 g/mol. The van der Waals surface area contributed by atoms with E-state index in [1.165, 1.54) is 0 Å². The number of rotatable bonds is 5. The fourth-order valence-corrected chi connectivity index (χ4v) is 3.14. The number of nitrogens with zero attached hydrogens (tertiary/aromatic N) is 1. The molecule has 2 amide bonds. The Labute approximate surface area is 149 Å². The lowest BCUT2D eigenvalue weighted by Crippen LogP contribution is -2.43. The molecule has 0 aromatic heterocycles. The Morgan fingerprint density at radius 3 is 2.36 bits per heavy atom. The van der Waals surface area contributed by atoms with Crippen molar-refractivity contribution >= 4 is 23.6 Å². The monoisotopic (exact) mass is 374 g/mol. The topological polar surface area (TPSA) is 49.4 Å². The van der Waals surface area contributed by atoms with Crippen LogP contribution in [0.4, 0.5) is 13.2 Å². The summed E-state index contributed by atoms with van der Waals surface area (Å²) in [5.41, 5.74) is -2.57.